The van der Waals surface area contributed by atoms with Gasteiger partial charge in [-0.05, 0) is 25.0 Å². The maximum Gasteiger partial charge on any atom is 0.266 e. The van der Waals surface area contributed by atoms with E-state index in [9.17, 15) is 8.42 Å². The Kier molecular flexibility index (Phi) is 3.59. The molecular formula is C11H11N5O2S3. The molecule has 3 aromatic rings. The fourth-order valence-corrected chi connectivity index (χ4v) is 4.77. The minimum atomic E-state index is -3.77. The second kappa shape index (κ2) is 5.28. The van der Waals surface area contributed by atoms with Gasteiger partial charge in [-0.15, -0.1) is 10.2 Å². The third kappa shape index (κ3) is 2.61. The first kappa shape index (κ1) is 14.3. The molecule has 0 aliphatic heterocycles. The van der Waals surface area contributed by atoms with Gasteiger partial charge < -0.3 is 0 Å². The Balaban J connectivity index is 2.07. The van der Waals surface area contributed by atoms with Gasteiger partial charge in [0.15, 0.2) is 0 Å². The van der Waals surface area contributed by atoms with Gasteiger partial charge in [-0.3, -0.25) is 4.72 Å². The fourth-order valence-electron chi connectivity index (χ4n) is 1.87. The molecule has 0 fully saturated rings. The van der Waals surface area contributed by atoms with Crippen LogP contribution in [0.25, 0.3) is 11.0 Å². The molecule has 0 amide bonds. The number of benzene rings is 1. The Labute approximate surface area is 129 Å². The number of anilines is 1. The molecule has 2 heterocycles. The van der Waals surface area contributed by atoms with Crippen molar-refractivity contribution in [3.8, 4) is 0 Å². The first-order chi connectivity index (χ1) is 10.0. The van der Waals surface area contributed by atoms with Gasteiger partial charge in [0.05, 0.1) is 11.7 Å². The predicted molar refractivity (Wildman–Crippen MR) is 82.2 cm³/mol. The average Bonchev–Trinajstić information content (AvgIpc) is 3.05. The smallest absolute Gasteiger partial charge is 0.253 e. The highest BCUT2D eigenvalue weighted by molar-refractivity contribution is 7.93. The third-order valence-electron chi connectivity index (χ3n) is 2.84. The van der Waals surface area contributed by atoms with Gasteiger partial charge in [-0.1, -0.05) is 24.3 Å². The van der Waals surface area contributed by atoms with E-state index in [1.165, 1.54) is 11.3 Å². The molecule has 3 rings (SSSR count). The van der Waals surface area contributed by atoms with Gasteiger partial charge >= 0.3 is 0 Å². The highest BCUT2D eigenvalue weighted by Crippen LogP contribution is 2.27. The summed E-state index contributed by atoms with van der Waals surface area (Å²) in [5.74, 6) is 0. The molecule has 1 aromatic carbocycles. The van der Waals surface area contributed by atoms with Crippen LogP contribution < -0.4 is 4.72 Å². The Bertz CT molecular complexity index is 900. The van der Waals surface area contributed by atoms with E-state index in [2.05, 4.69) is 23.7 Å². The molecule has 0 atom stereocenters. The number of aryl methyl sites for hydroxylation is 2. The number of hydrogen-bond acceptors (Lipinski definition) is 8. The Morgan fingerprint density at radius 2 is 2.05 bits per heavy atom. The minimum Gasteiger partial charge on any atom is -0.253 e. The largest absolute Gasteiger partial charge is 0.266 e. The van der Waals surface area contributed by atoms with E-state index in [0.717, 1.165) is 16.7 Å². The van der Waals surface area contributed by atoms with Gasteiger partial charge in [-0.25, -0.2) is 8.42 Å². The summed E-state index contributed by atoms with van der Waals surface area (Å²) in [6, 6.07) is 3.48. The second-order valence-electron chi connectivity index (χ2n) is 4.30. The van der Waals surface area contributed by atoms with Crippen molar-refractivity contribution >= 4 is 49.3 Å². The van der Waals surface area contributed by atoms with E-state index in [1.807, 2.05) is 6.92 Å². The van der Waals surface area contributed by atoms with E-state index in [-0.39, 0.29) is 10.0 Å². The molecule has 0 bridgehead atoms. The van der Waals surface area contributed by atoms with Crippen molar-refractivity contribution < 1.29 is 8.42 Å². The molecule has 110 valence electrons. The Hall–Kier alpha value is -1.65. The lowest BCUT2D eigenvalue weighted by Gasteiger charge is -2.08. The summed E-state index contributed by atoms with van der Waals surface area (Å²) >= 11 is 2.21. The third-order valence-corrected chi connectivity index (χ3v) is 6.01. The van der Waals surface area contributed by atoms with Gasteiger partial charge in [0.25, 0.3) is 10.0 Å². The zero-order valence-corrected chi connectivity index (χ0v) is 13.6. The van der Waals surface area contributed by atoms with Crippen molar-refractivity contribution in [3.05, 3.63) is 22.7 Å². The lowest BCUT2D eigenvalue weighted by molar-refractivity contribution is 0.601. The van der Waals surface area contributed by atoms with E-state index in [0.29, 0.717) is 23.0 Å². The molecular weight excluding hydrogens is 330 g/mol. The summed E-state index contributed by atoms with van der Waals surface area (Å²) < 4.78 is 35.8. The SMILES string of the molecule is CCc1nnc(NS(=O)(=O)c2c(C)ccc3nsnc23)s1. The quantitative estimate of drug-likeness (QED) is 0.781. The molecule has 0 saturated heterocycles. The summed E-state index contributed by atoms with van der Waals surface area (Å²) in [6.07, 6.45) is 0.712. The van der Waals surface area contributed by atoms with E-state index in [1.54, 1.807) is 19.1 Å². The van der Waals surface area contributed by atoms with Crippen LogP contribution in [0, 0.1) is 6.92 Å². The summed E-state index contributed by atoms with van der Waals surface area (Å²) in [7, 11) is -3.77. The minimum absolute atomic E-state index is 0.141. The summed E-state index contributed by atoms with van der Waals surface area (Å²) in [5.41, 5.74) is 1.56. The normalized spacial score (nSPS) is 11.9. The maximum atomic E-state index is 12.6. The Morgan fingerprint density at radius 1 is 1.24 bits per heavy atom. The maximum absolute atomic E-state index is 12.6. The van der Waals surface area contributed by atoms with Crippen molar-refractivity contribution in [2.24, 2.45) is 0 Å². The number of nitrogens with one attached hydrogen (secondary N) is 1. The predicted octanol–water partition coefficient (Wildman–Crippen LogP) is 2.21. The van der Waals surface area contributed by atoms with Crippen LogP contribution in [0.4, 0.5) is 5.13 Å². The first-order valence-electron chi connectivity index (χ1n) is 6.08. The van der Waals surface area contributed by atoms with Crippen LogP contribution in [0.2, 0.25) is 0 Å². The van der Waals surface area contributed by atoms with Crippen LogP contribution in [-0.2, 0) is 16.4 Å². The topological polar surface area (TPSA) is 97.7 Å². The molecule has 1 N–H and O–H groups in total. The summed E-state index contributed by atoms with van der Waals surface area (Å²) in [4.78, 5) is 0.141. The van der Waals surface area contributed by atoms with Gasteiger partial charge in [0, 0.05) is 0 Å². The number of hydrogen-bond donors (Lipinski definition) is 1. The number of rotatable bonds is 4. The molecule has 0 radical (unpaired) electrons. The Morgan fingerprint density at radius 3 is 2.76 bits per heavy atom. The van der Waals surface area contributed by atoms with Crippen molar-refractivity contribution in [1.82, 2.24) is 18.9 Å². The second-order valence-corrected chi connectivity index (χ2v) is 7.51. The van der Waals surface area contributed by atoms with E-state index >= 15 is 0 Å². The van der Waals surface area contributed by atoms with Crippen molar-refractivity contribution in [3.63, 3.8) is 0 Å². The zero-order chi connectivity index (χ0) is 15.0. The molecule has 0 saturated carbocycles. The van der Waals surface area contributed by atoms with Crippen LogP contribution in [0.15, 0.2) is 17.0 Å². The molecule has 0 aliphatic carbocycles. The lowest BCUT2D eigenvalue weighted by atomic mass is 10.2. The van der Waals surface area contributed by atoms with E-state index in [4.69, 9.17) is 0 Å². The number of nitrogens with zero attached hydrogens (tertiary/aromatic N) is 4. The lowest BCUT2D eigenvalue weighted by Crippen LogP contribution is -2.14. The highest BCUT2D eigenvalue weighted by Gasteiger charge is 2.23. The fraction of sp³-hybridized carbons (Fsp3) is 0.273. The number of fused-ring (bicyclic) bond motifs is 1. The molecule has 2 aromatic heterocycles. The van der Waals surface area contributed by atoms with Crippen LogP contribution in [-0.4, -0.2) is 27.4 Å². The molecule has 0 aliphatic rings. The van der Waals surface area contributed by atoms with Crippen LogP contribution in [0.3, 0.4) is 0 Å². The van der Waals surface area contributed by atoms with Crippen molar-refractivity contribution in [2.75, 3.05) is 4.72 Å². The highest BCUT2D eigenvalue weighted by atomic mass is 32.2. The van der Waals surface area contributed by atoms with Gasteiger partial charge in [0.2, 0.25) is 5.13 Å². The molecule has 7 nitrogen and oxygen atoms in total. The van der Waals surface area contributed by atoms with Gasteiger partial charge in [-0.2, -0.15) is 8.75 Å². The first-order valence-corrected chi connectivity index (χ1v) is 9.11. The molecule has 10 heteroatoms. The van der Waals surface area contributed by atoms with Crippen LogP contribution in [0.5, 0.6) is 0 Å². The van der Waals surface area contributed by atoms with Crippen molar-refractivity contribution in [2.45, 2.75) is 25.2 Å². The standard InChI is InChI=1S/C11H11N5O2S3/c1-3-8-12-13-11(19-8)16-21(17,18)10-6(2)4-5-7-9(10)15-20-14-7/h4-5H,3H2,1-2H3,(H,13,16). The summed E-state index contributed by atoms with van der Waals surface area (Å²) in [6.45, 7) is 3.66. The van der Waals surface area contributed by atoms with Gasteiger partial charge in [0.1, 0.15) is 20.9 Å². The van der Waals surface area contributed by atoms with Crippen LogP contribution >= 0.6 is 23.1 Å². The zero-order valence-electron chi connectivity index (χ0n) is 11.2. The average molecular weight is 341 g/mol. The molecule has 0 unspecified atom stereocenters. The molecule has 21 heavy (non-hydrogen) atoms. The summed E-state index contributed by atoms with van der Waals surface area (Å²) in [5, 5.41) is 8.77. The monoisotopic (exact) mass is 341 g/mol. The van der Waals surface area contributed by atoms with E-state index < -0.39 is 10.0 Å². The number of sulfonamides is 1. The van der Waals surface area contributed by atoms with Crippen LogP contribution in [0.1, 0.15) is 17.5 Å². The number of aromatic nitrogens is 4. The molecule has 0 spiro atoms. The van der Waals surface area contributed by atoms with Crippen molar-refractivity contribution in [1.29, 1.82) is 0 Å².